The number of phenolic OH excluding ortho intramolecular Hbond substituents is 1. The van der Waals surface area contributed by atoms with Crippen LogP contribution in [0.25, 0.3) is 11.1 Å². The van der Waals surface area contributed by atoms with E-state index in [0.29, 0.717) is 22.9 Å². The lowest BCUT2D eigenvalue weighted by atomic mass is 9.99. The Labute approximate surface area is 188 Å². The summed E-state index contributed by atoms with van der Waals surface area (Å²) in [4.78, 5) is 3.93. The lowest BCUT2D eigenvalue weighted by molar-refractivity contribution is -0.143. The fourth-order valence-corrected chi connectivity index (χ4v) is 4.79. The van der Waals surface area contributed by atoms with Crippen LogP contribution in [0, 0.1) is 0 Å². The van der Waals surface area contributed by atoms with E-state index in [4.69, 9.17) is 0 Å². The number of nitrogens with zero attached hydrogens (tertiary/aromatic N) is 1. The largest absolute Gasteiger partial charge is 0.507 e. The predicted octanol–water partition coefficient (Wildman–Crippen LogP) is 7.39. The van der Waals surface area contributed by atoms with Crippen molar-refractivity contribution in [2.75, 3.05) is 0 Å². The summed E-state index contributed by atoms with van der Waals surface area (Å²) in [6, 6.07) is 13.7. The van der Waals surface area contributed by atoms with Crippen LogP contribution in [0.2, 0.25) is 19.6 Å². The highest BCUT2D eigenvalue weighted by Gasteiger charge is 2.37. The van der Waals surface area contributed by atoms with Crippen molar-refractivity contribution in [3.8, 4) is 16.9 Å². The Morgan fingerprint density at radius 2 is 1.33 bits per heavy atom. The number of aliphatic imine (C=N–C) groups is 1. The number of alkyl halides is 6. The van der Waals surface area contributed by atoms with Gasteiger partial charge in [0.05, 0.1) is 24.9 Å². The van der Waals surface area contributed by atoms with Crippen molar-refractivity contribution in [3.05, 3.63) is 77.4 Å². The van der Waals surface area contributed by atoms with Crippen LogP contribution in [0.15, 0.2) is 65.7 Å². The number of halogens is 6. The zero-order valence-electron chi connectivity index (χ0n) is 18.0. The highest BCUT2D eigenvalue weighted by molar-refractivity contribution is 6.89. The van der Waals surface area contributed by atoms with Gasteiger partial charge >= 0.3 is 12.4 Å². The van der Waals surface area contributed by atoms with Crippen molar-refractivity contribution in [2.45, 2.75) is 32.0 Å². The standard InChI is InChI=1S/C24H21F6NOSi/c1-33(2,3)21-10-9-19(15-7-5-4-6-8-15)20(22(21)32)14-31-18-12-16(23(25,26)27)11-17(13-18)24(28,29)30/h4-14,32H,1-3H3. The molecule has 0 aliphatic heterocycles. The minimum Gasteiger partial charge on any atom is -0.507 e. The molecule has 174 valence electrons. The van der Waals surface area contributed by atoms with Gasteiger partial charge in [0, 0.05) is 11.8 Å². The van der Waals surface area contributed by atoms with Crippen molar-refractivity contribution >= 4 is 25.2 Å². The molecule has 0 aliphatic rings. The summed E-state index contributed by atoms with van der Waals surface area (Å²) in [7, 11) is -2.02. The molecule has 3 rings (SSSR count). The smallest absolute Gasteiger partial charge is 0.416 e. The summed E-state index contributed by atoms with van der Waals surface area (Å²) in [5.41, 5.74) is -1.92. The van der Waals surface area contributed by atoms with Gasteiger partial charge in [-0.3, -0.25) is 4.99 Å². The SMILES string of the molecule is C[Si](C)(C)c1ccc(-c2ccccc2)c(C=Nc2cc(C(F)(F)F)cc(C(F)(F)F)c2)c1O. The molecule has 2 nitrogen and oxygen atoms in total. The summed E-state index contributed by atoms with van der Waals surface area (Å²) in [6.07, 6.45) is -8.82. The highest BCUT2D eigenvalue weighted by Crippen LogP contribution is 2.38. The maximum Gasteiger partial charge on any atom is 0.416 e. The first kappa shape index (κ1) is 24.6. The van der Waals surface area contributed by atoms with Crippen LogP contribution >= 0.6 is 0 Å². The summed E-state index contributed by atoms with van der Waals surface area (Å²) >= 11 is 0. The monoisotopic (exact) mass is 481 g/mol. The normalized spacial score (nSPS) is 13.0. The third kappa shape index (κ3) is 5.65. The molecule has 3 aromatic carbocycles. The Kier molecular flexibility index (Phi) is 6.48. The number of hydrogen-bond acceptors (Lipinski definition) is 2. The van der Waals surface area contributed by atoms with Gasteiger partial charge in [0.2, 0.25) is 0 Å². The number of hydrogen-bond donors (Lipinski definition) is 1. The zero-order valence-corrected chi connectivity index (χ0v) is 19.0. The number of benzene rings is 3. The lowest BCUT2D eigenvalue weighted by Crippen LogP contribution is -2.38. The van der Waals surface area contributed by atoms with Crippen LogP contribution in [-0.2, 0) is 12.4 Å². The molecule has 0 radical (unpaired) electrons. The lowest BCUT2D eigenvalue weighted by Gasteiger charge is -2.21. The van der Waals surface area contributed by atoms with E-state index in [9.17, 15) is 31.4 Å². The molecule has 0 aromatic heterocycles. The number of rotatable bonds is 4. The van der Waals surface area contributed by atoms with Crippen LogP contribution in [0.5, 0.6) is 5.75 Å². The number of aromatic hydroxyl groups is 1. The van der Waals surface area contributed by atoms with Crippen molar-refractivity contribution < 1.29 is 31.4 Å². The van der Waals surface area contributed by atoms with Crippen molar-refractivity contribution in [1.82, 2.24) is 0 Å². The molecular formula is C24H21F6NOSi. The fraction of sp³-hybridized carbons (Fsp3) is 0.208. The third-order valence-corrected chi connectivity index (χ3v) is 7.04. The van der Waals surface area contributed by atoms with Crippen LogP contribution < -0.4 is 5.19 Å². The molecule has 0 unspecified atom stereocenters. The van der Waals surface area contributed by atoms with E-state index in [1.165, 1.54) is 0 Å². The molecule has 0 saturated heterocycles. The van der Waals surface area contributed by atoms with E-state index in [1.54, 1.807) is 42.5 Å². The summed E-state index contributed by atoms with van der Waals surface area (Å²) in [6.45, 7) is 6.02. The molecule has 3 aromatic rings. The second-order valence-corrected chi connectivity index (χ2v) is 13.6. The molecule has 0 bridgehead atoms. The van der Waals surface area contributed by atoms with E-state index in [-0.39, 0.29) is 17.4 Å². The molecule has 0 atom stereocenters. The molecule has 0 amide bonds. The third-order valence-electron chi connectivity index (χ3n) is 5.03. The maximum absolute atomic E-state index is 13.2. The molecule has 33 heavy (non-hydrogen) atoms. The van der Waals surface area contributed by atoms with E-state index in [1.807, 2.05) is 19.6 Å². The highest BCUT2D eigenvalue weighted by atomic mass is 28.3. The van der Waals surface area contributed by atoms with Crippen molar-refractivity contribution in [1.29, 1.82) is 0 Å². The van der Waals surface area contributed by atoms with E-state index in [2.05, 4.69) is 4.99 Å². The second-order valence-electron chi connectivity index (χ2n) is 8.56. The fourth-order valence-electron chi connectivity index (χ4n) is 3.37. The molecular weight excluding hydrogens is 460 g/mol. The Bertz CT molecular complexity index is 1150. The molecule has 0 spiro atoms. The Morgan fingerprint density at radius 1 is 0.788 bits per heavy atom. The van der Waals surface area contributed by atoms with Gasteiger partial charge < -0.3 is 5.11 Å². The average Bonchev–Trinajstić information content (AvgIpc) is 2.71. The van der Waals surface area contributed by atoms with Gasteiger partial charge in [-0.25, -0.2) is 0 Å². The number of phenols is 1. The van der Waals surface area contributed by atoms with Crippen LogP contribution in [-0.4, -0.2) is 19.4 Å². The minimum absolute atomic E-state index is 0.0533. The van der Waals surface area contributed by atoms with Crippen LogP contribution in [0.1, 0.15) is 16.7 Å². The van der Waals surface area contributed by atoms with E-state index >= 15 is 0 Å². The maximum atomic E-state index is 13.2. The minimum atomic E-state index is -4.97. The van der Waals surface area contributed by atoms with Crippen LogP contribution in [0.4, 0.5) is 32.0 Å². The van der Waals surface area contributed by atoms with Gasteiger partial charge in [0.1, 0.15) is 5.75 Å². The molecule has 0 fully saturated rings. The topological polar surface area (TPSA) is 32.6 Å². The average molecular weight is 482 g/mol. The Hall–Kier alpha value is -3.07. The van der Waals surface area contributed by atoms with Gasteiger partial charge in [-0.2, -0.15) is 26.3 Å². The first-order valence-corrected chi connectivity index (χ1v) is 13.4. The van der Waals surface area contributed by atoms with Gasteiger partial charge in [-0.05, 0) is 34.5 Å². The Balaban J connectivity index is 2.21. The van der Waals surface area contributed by atoms with Gasteiger partial charge in [-0.15, -0.1) is 0 Å². The quantitative estimate of drug-likeness (QED) is 0.235. The Morgan fingerprint density at radius 3 is 1.82 bits per heavy atom. The van der Waals surface area contributed by atoms with Crippen LogP contribution in [0.3, 0.4) is 0 Å². The zero-order chi connectivity index (χ0) is 24.6. The molecule has 0 aliphatic carbocycles. The molecule has 1 N–H and O–H groups in total. The summed E-state index contributed by atoms with van der Waals surface area (Å²) in [5.74, 6) is -0.0812. The molecule has 0 heterocycles. The molecule has 0 saturated carbocycles. The van der Waals surface area contributed by atoms with Gasteiger partial charge in [0.25, 0.3) is 0 Å². The van der Waals surface area contributed by atoms with Gasteiger partial charge in [0.15, 0.2) is 0 Å². The summed E-state index contributed by atoms with van der Waals surface area (Å²) < 4.78 is 79.1. The predicted molar refractivity (Wildman–Crippen MR) is 120 cm³/mol. The van der Waals surface area contributed by atoms with E-state index < -0.39 is 37.2 Å². The first-order valence-electron chi connectivity index (χ1n) is 9.93. The first-order chi connectivity index (χ1) is 15.2. The van der Waals surface area contributed by atoms with Crippen molar-refractivity contribution in [2.24, 2.45) is 4.99 Å². The second kappa shape index (κ2) is 8.70. The molecule has 9 heteroatoms. The van der Waals surface area contributed by atoms with Gasteiger partial charge in [-0.1, -0.05) is 62.1 Å². The summed E-state index contributed by atoms with van der Waals surface area (Å²) in [5, 5.41) is 11.7. The van der Waals surface area contributed by atoms with Crippen molar-refractivity contribution in [3.63, 3.8) is 0 Å². The van der Waals surface area contributed by atoms with E-state index in [0.717, 1.165) is 11.8 Å².